The topological polar surface area (TPSA) is 15.3 Å². The van der Waals surface area contributed by atoms with Crippen LogP contribution in [-0.4, -0.2) is 30.6 Å². The molecule has 0 bridgehead atoms. The van der Waals surface area contributed by atoms with E-state index < -0.39 is 0 Å². The summed E-state index contributed by atoms with van der Waals surface area (Å²) in [6.45, 7) is 5.75. The van der Waals surface area contributed by atoms with Crippen molar-refractivity contribution in [2.75, 3.05) is 20.1 Å². The molecule has 90 valence electrons. The van der Waals surface area contributed by atoms with Crippen molar-refractivity contribution >= 4 is 11.3 Å². The molecule has 0 saturated carbocycles. The Morgan fingerprint density at radius 2 is 2.38 bits per heavy atom. The number of hydrogen-bond acceptors (Lipinski definition) is 3. The summed E-state index contributed by atoms with van der Waals surface area (Å²) in [5.74, 6) is 0. The van der Waals surface area contributed by atoms with Gasteiger partial charge in [-0.2, -0.15) is 11.3 Å². The molecule has 1 atom stereocenters. The lowest BCUT2D eigenvalue weighted by atomic mass is 9.90. The van der Waals surface area contributed by atoms with E-state index in [4.69, 9.17) is 0 Å². The first-order chi connectivity index (χ1) is 7.68. The van der Waals surface area contributed by atoms with Crippen molar-refractivity contribution in [1.29, 1.82) is 0 Å². The molecule has 1 fully saturated rings. The summed E-state index contributed by atoms with van der Waals surface area (Å²) in [5.41, 5.74) is 1.76. The molecule has 1 N–H and O–H groups in total. The molecule has 0 spiro atoms. The maximum absolute atomic E-state index is 3.67. The number of thiophene rings is 1. The fourth-order valence-corrected chi connectivity index (χ4v) is 3.26. The highest BCUT2D eigenvalue weighted by molar-refractivity contribution is 7.07. The van der Waals surface area contributed by atoms with Crippen LogP contribution in [0.4, 0.5) is 0 Å². The summed E-state index contributed by atoms with van der Waals surface area (Å²) in [4.78, 5) is 2.43. The van der Waals surface area contributed by atoms with Crippen LogP contribution < -0.4 is 5.32 Å². The van der Waals surface area contributed by atoms with E-state index in [-0.39, 0.29) is 0 Å². The summed E-state index contributed by atoms with van der Waals surface area (Å²) >= 11 is 1.78. The molecule has 0 amide bonds. The van der Waals surface area contributed by atoms with E-state index in [1.165, 1.54) is 31.4 Å². The number of rotatable bonds is 4. The third kappa shape index (κ3) is 3.30. The number of nitrogens with zero attached hydrogens (tertiary/aromatic N) is 1. The second kappa shape index (κ2) is 5.30. The third-order valence-electron chi connectivity index (χ3n) is 3.36. The molecule has 16 heavy (non-hydrogen) atoms. The quantitative estimate of drug-likeness (QED) is 0.867. The van der Waals surface area contributed by atoms with Crippen molar-refractivity contribution < 1.29 is 0 Å². The van der Waals surface area contributed by atoms with Crippen molar-refractivity contribution in [3.63, 3.8) is 0 Å². The first-order valence-electron chi connectivity index (χ1n) is 6.13. The molecule has 2 rings (SSSR count). The molecule has 1 aliphatic rings. The van der Waals surface area contributed by atoms with Crippen LogP contribution in [0, 0.1) is 0 Å². The highest BCUT2D eigenvalue weighted by Crippen LogP contribution is 2.20. The van der Waals surface area contributed by atoms with Crippen LogP contribution >= 0.6 is 11.3 Å². The van der Waals surface area contributed by atoms with Gasteiger partial charge < -0.3 is 10.2 Å². The van der Waals surface area contributed by atoms with Crippen molar-refractivity contribution in [3.8, 4) is 0 Å². The number of likely N-dealkylation sites (N-methyl/N-ethyl adjacent to an activating group) is 1. The van der Waals surface area contributed by atoms with Crippen molar-refractivity contribution in [2.45, 2.75) is 38.3 Å². The predicted molar refractivity (Wildman–Crippen MR) is 70.9 cm³/mol. The Morgan fingerprint density at radius 3 is 3.00 bits per heavy atom. The van der Waals surface area contributed by atoms with E-state index >= 15 is 0 Å². The predicted octanol–water partition coefficient (Wildman–Crippen LogP) is 2.71. The maximum atomic E-state index is 3.67. The zero-order chi connectivity index (χ0) is 11.4. The molecule has 2 heterocycles. The smallest absolute Gasteiger partial charge is 0.0280 e. The average Bonchev–Trinajstić information content (AvgIpc) is 2.70. The Labute approximate surface area is 103 Å². The fraction of sp³-hybridized carbons (Fsp3) is 0.692. The van der Waals surface area contributed by atoms with Crippen LogP contribution in [0.15, 0.2) is 16.8 Å². The summed E-state index contributed by atoms with van der Waals surface area (Å²) in [5, 5.41) is 8.07. The van der Waals surface area contributed by atoms with Crippen LogP contribution in [0.5, 0.6) is 0 Å². The number of piperidine rings is 1. The molecule has 0 aliphatic carbocycles. The van der Waals surface area contributed by atoms with Crippen LogP contribution in [0.2, 0.25) is 0 Å². The lowest BCUT2D eigenvalue weighted by molar-refractivity contribution is 0.183. The fourth-order valence-electron chi connectivity index (χ4n) is 2.60. The van der Waals surface area contributed by atoms with Gasteiger partial charge in [0.05, 0.1) is 0 Å². The van der Waals surface area contributed by atoms with Gasteiger partial charge in [0.25, 0.3) is 0 Å². The highest BCUT2D eigenvalue weighted by atomic mass is 32.1. The summed E-state index contributed by atoms with van der Waals surface area (Å²) in [6, 6.07) is 2.22. The minimum absolute atomic E-state index is 0.322. The third-order valence-corrected chi connectivity index (χ3v) is 4.09. The first kappa shape index (κ1) is 12.1. The standard InChI is InChI=1S/C13H22N2S/c1-13(6-3-4-7-14-13)11-15(2)9-12-5-8-16-10-12/h5,8,10,14H,3-4,6-7,9,11H2,1-2H3. The minimum Gasteiger partial charge on any atom is -0.310 e. The van der Waals surface area contributed by atoms with Gasteiger partial charge in [-0.25, -0.2) is 0 Å². The largest absolute Gasteiger partial charge is 0.310 e. The summed E-state index contributed by atoms with van der Waals surface area (Å²) in [7, 11) is 2.22. The average molecular weight is 238 g/mol. The van der Waals surface area contributed by atoms with E-state index in [0.717, 1.165) is 13.1 Å². The maximum Gasteiger partial charge on any atom is 0.0280 e. The molecule has 1 saturated heterocycles. The molecular weight excluding hydrogens is 216 g/mol. The van der Waals surface area contributed by atoms with E-state index in [1.807, 2.05) is 0 Å². The van der Waals surface area contributed by atoms with Crippen molar-refractivity contribution in [2.24, 2.45) is 0 Å². The van der Waals surface area contributed by atoms with Gasteiger partial charge in [0.2, 0.25) is 0 Å². The van der Waals surface area contributed by atoms with Gasteiger partial charge in [-0.3, -0.25) is 0 Å². The Kier molecular flexibility index (Phi) is 4.00. The second-order valence-corrected chi connectivity index (χ2v) is 6.03. The van der Waals surface area contributed by atoms with Crippen molar-refractivity contribution in [3.05, 3.63) is 22.4 Å². The minimum atomic E-state index is 0.322. The van der Waals surface area contributed by atoms with Gasteiger partial charge in [0.1, 0.15) is 0 Å². The Balaban J connectivity index is 1.84. The number of hydrogen-bond donors (Lipinski definition) is 1. The van der Waals surface area contributed by atoms with Gasteiger partial charge in [-0.1, -0.05) is 6.42 Å². The van der Waals surface area contributed by atoms with Crippen molar-refractivity contribution in [1.82, 2.24) is 10.2 Å². The van der Waals surface area contributed by atoms with E-state index in [1.54, 1.807) is 11.3 Å². The Hall–Kier alpha value is -0.380. The van der Waals surface area contributed by atoms with Gasteiger partial charge in [0.15, 0.2) is 0 Å². The molecule has 1 unspecified atom stereocenters. The molecule has 0 radical (unpaired) electrons. The molecule has 1 aromatic rings. The molecular formula is C13H22N2S. The Morgan fingerprint density at radius 1 is 1.50 bits per heavy atom. The molecule has 1 aliphatic heterocycles. The lowest BCUT2D eigenvalue weighted by Gasteiger charge is -2.38. The molecule has 1 aromatic heterocycles. The number of nitrogens with one attached hydrogen (secondary N) is 1. The highest BCUT2D eigenvalue weighted by Gasteiger charge is 2.27. The van der Waals surface area contributed by atoms with Gasteiger partial charge >= 0.3 is 0 Å². The zero-order valence-electron chi connectivity index (χ0n) is 10.3. The lowest BCUT2D eigenvalue weighted by Crippen LogP contribution is -2.52. The molecule has 2 nitrogen and oxygen atoms in total. The second-order valence-electron chi connectivity index (χ2n) is 5.25. The normalized spacial score (nSPS) is 26.2. The zero-order valence-corrected chi connectivity index (χ0v) is 11.1. The van der Waals surface area contributed by atoms with E-state index in [9.17, 15) is 0 Å². The van der Waals surface area contributed by atoms with Gasteiger partial charge in [-0.05, 0) is 55.7 Å². The summed E-state index contributed by atoms with van der Waals surface area (Å²) < 4.78 is 0. The van der Waals surface area contributed by atoms with E-state index in [2.05, 4.69) is 41.0 Å². The van der Waals surface area contributed by atoms with Crippen LogP contribution in [0.3, 0.4) is 0 Å². The van der Waals surface area contributed by atoms with E-state index in [0.29, 0.717) is 5.54 Å². The Bertz CT molecular complexity index is 302. The summed E-state index contributed by atoms with van der Waals surface area (Å²) in [6.07, 6.45) is 4.01. The first-order valence-corrected chi connectivity index (χ1v) is 7.07. The van der Waals surface area contributed by atoms with Gasteiger partial charge in [0, 0.05) is 18.6 Å². The SMILES string of the molecule is CN(Cc1ccsc1)CC1(C)CCCCN1. The van der Waals surface area contributed by atoms with Crippen LogP contribution in [-0.2, 0) is 6.54 Å². The monoisotopic (exact) mass is 238 g/mol. The van der Waals surface area contributed by atoms with Crippen LogP contribution in [0.1, 0.15) is 31.7 Å². The molecule has 0 aromatic carbocycles. The molecule has 3 heteroatoms. The van der Waals surface area contributed by atoms with Crippen LogP contribution in [0.25, 0.3) is 0 Å². The van der Waals surface area contributed by atoms with Gasteiger partial charge in [-0.15, -0.1) is 0 Å².